The maximum Gasteiger partial charge on any atom is 0.307 e. The molecular formula is C31H37Cl2N3O4. The molecule has 0 saturated carbocycles. The summed E-state index contributed by atoms with van der Waals surface area (Å²) in [5, 5.41) is 4.00. The topological polar surface area (TPSA) is 80.8 Å². The van der Waals surface area contributed by atoms with Crippen LogP contribution in [0.1, 0.15) is 42.7 Å². The van der Waals surface area contributed by atoms with Crippen molar-refractivity contribution >= 4 is 35.1 Å². The number of carbonyl (C=O) groups is 2. The van der Waals surface area contributed by atoms with Gasteiger partial charge < -0.3 is 19.7 Å². The SMILES string of the molecule is COC(=O)C[C@H](NC(=O)c1ccc(-c2cc(C)ccc2Cl)c(-c2ccc(Cl)c(OCCCN(C)C)c2)n1)C(C)C. The molecule has 0 radical (unpaired) electrons. The average molecular weight is 587 g/mol. The number of nitrogens with one attached hydrogen (secondary N) is 1. The lowest BCUT2D eigenvalue weighted by molar-refractivity contribution is -0.141. The number of methoxy groups -OCH3 is 1. The molecule has 0 bridgehead atoms. The smallest absolute Gasteiger partial charge is 0.307 e. The largest absolute Gasteiger partial charge is 0.492 e. The molecule has 40 heavy (non-hydrogen) atoms. The summed E-state index contributed by atoms with van der Waals surface area (Å²) in [6, 6.07) is 14.3. The molecule has 7 nitrogen and oxygen atoms in total. The van der Waals surface area contributed by atoms with Crippen LogP contribution in [0.2, 0.25) is 10.0 Å². The molecule has 0 saturated heterocycles. The molecule has 1 atom stereocenters. The fourth-order valence-electron chi connectivity index (χ4n) is 4.15. The molecule has 0 unspecified atom stereocenters. The molecule has 0 aliphatic heterocycles. The number of aryl methyl sites for hydroxylation is 1. The molecule has 0 fully saturated rings. The lowest BCUT2D eigenvalue weighted by Crippen LogP contribution is -2.40. The summed E-state index contributed by atoms with van der Waals surface area (Å²) in [6.07, 6.45) is 0.906. The summed E-state index contributed by atoms with van der Waals surface area (Å²) in [5.74, 6) is -0.235. The number of pyridine rings is 1. The van der Waals surface area contributed by atoms with Crippen molar-refractivity contribution in [2.45, 2.75) is 39.7 Å². The van der Waals surface area contributed by atoms with Gasteiger partial charge in [-0.25, -0.2) is 4.98 Å². The Balaban J connectivity index is 2.05. The second-order valence-electron chi connectivity index (χ2n) is 10.3. The molecule has 0 aliphatic carbocycles. The minimum atomic E-state index is -0.409. The van der Waals surface area contributed by atoms with Crippen molar-refractivity contribution in [2.24, 2.45) is 5.92 Å². The number of halogens is 2. The molecule has 3 aromatic rings. The maximum absolute atomic E-state index is 13.3. The highest BCUT2D eigenvalue weighted by Crippen LogP contribution is 2.38. The zero-order valence-electron chi connectivity index (χ0n) is 23.9. The molecule has 1 heterocycles. The molecule has 0 aliphatic rings. The molecule has 0 spiro atoms. The third-order valence-corrected chi connectivity index (χ3v) is 7.13. The Morgan fingerprint density at radius 1 is 1.00 bits per heavy atom. The van der Waals surface area contributed by atoms with Gasteiger partial charge in [0, 0.05) is 34.3 Å². The van der Waals surface area contributed by atoms with Gasteiger partial charge in [0.05, 0.1) is 30.9 Å². The van der Waals surface area contributed by atoms with E-state index in [4.69, 9.17) is 37.7 Å². The minimum absolute atomic E-state index is 0.0105. The number of hydrogen-bond acceptors (Lipinski definition) is 6. The first kappa shape index (κ1) is 31.4. The van der Waals surface area contributed by atoms with Gasteiger partial charge in [-0.2, -0.15) is 0 Å². The van der Waals surface area contributed by atoms with Crippen LogP contribution in [0.4, 0.5) is 0 Å². The van der Waals surface area contributed by atoms with Gasteiger partial charge in [-0.15, -0.1) is 0 Å². The molecule has 1 aromatic heterocycles. The van der Waals surface area contributed by atoms with Crippen molar-refractivity contribution in [1.29, 1.82) is 0 Å². The van der Waals surface area contributed by atoms with Crippen LogP contribution in [-0.2, 0) is 9.53 Å². The fraction of sp³-hybridized carbons (Fsp3) is 0.387. The molecule has 1 N–H and O–H groups in total. The van der Waals surface area contributed by atoms with Crippen LogP contribution in [0.25, 0.3) is 22.4 Å². The van der Waals surface area contributed by atoms with Crippen LogP contribution in [0.3, 0.4) is 0 Å². The Morgan fingerprint density at radius 2 is 1.73 bits per heavy atom. The van der Waals surface area contributed by atoms with Crippen molar-refractivity contribution in [3.63, 3.8) is 0 Å². The summed E-state index contributed by atoms with van der Waals surface area (Å²) in [6.45, 7) is 7.25. The molecule has 1 amide bonds. The van der Waals surface area contributed by atoms with Crippen LogP contribution >= 0.6 is 23.2 Å². The number of aromatic nitrogens is 1. The van der Waals surface area contributed by atoms with Gasteiger partial charge in [0.2, 0.25) is 0 Å². The number of carbonyl (C=O) groups excluding carboxylic acids is 2. The zero-order chi connectivity index (χ0) is 29.4. The van der Waals surface area contributed by atoms with Gasteiger partial charge in [0.1, 0.15) is 11.4 Å². The molecule has 3 rings (SSSR count). The zero-order valence-corrected chi connectivity index (χ0v) is 25.4. The standard InChI is InChI=1S/C31H37Cl2N3O4/c1-19(2)27(18-29(37)39-6)35-31(38)26-13-10-22(23-16-20(3)8-11-24(23)32)30(34-26)21-9-12-25(33)28(17-21)40-15-7-14-36(4)5/h8-13,16-17,19,27H,7,14-15,18H2,1-6H3,(H,35,38)/t27-/m0/s1. The van der Waals surface area contributed by atoms with Crippen molar-refractivity contribution in [2.75, 3.05) is 34.4 Å². The van der Waals surface area contributed by atoms with Gasteiger partial charge >= 0.3 is 5.97 Å². The highest BCUT2D eigenvalue weighted by molar-refractivity contribution is 6.33. The Labute approximate surface area is 246 Å². The van der Waals surface area contributed by atoms with Gasteiger partial charge in [-0.05, 0) is 69.8 Å². The van der Waals surface area contributed by atoms with Crippen molar-refractivity contribution in [3.05, 3.63) is 69.8 Å². The lowest BCUT2D eigenvalue weighted by Gasteiger charge is -2.21. The van der Waals surface area contributed by atoms with Gasteiger partial charge in [-0.1, -0.05) is 54.7 Å². The number of rotatable bonds is 12. The normalized spacial score (nSPS) is 11.9. The van der Waals surface area contributed by atoms with Crippen LogP contribution in [0, 0.1) is 12.8 Å². The van der Waals surface area contributed by atoms with E-state index in [1.54, 1.807) is 12.1 Å². The quantitative estimate of drug-likeness (QED) is 0.188. The molecule has 9 heteroatoms. The van der Waals surface area contributed by atoms with Gasteiger partial charge in [-0.3, -0.25) is 9.59 Å². The van der Waals surface area contributed by atoms with E-state index in [9.17, 15) is 9.59 Å². The van der Waals surface area contributed by atoms with E-state index in [2.05, 4.69) is 10.2 Å². The first-order valence-corrected chi connectivity index (χ1v) is 14.0. The third kappa shape index (κ3) is 8.43. The van der Waals surface area contributed by atoms with E-state index in [0.717, 1.165) is 35.2 Å². The molecule has 2 aromatic carbocycles. The second-order valence-corrected chi connectivity index (χ2v) is 11.1. The molecular weight excluding hydrogens is 549 g/mol. The fourth-order valence-corrected chi connectivity index (χ4v) is 4.54. The highest BCUT2D eigenvalue weighted by Gasteiger charge is 2.23. The summed E-state index contributed by atoms with van der Waals surface area (Å²) in [5.41, 5.74) is 4.09. The highest BCUT2D eigenvalue weighted by atomic mass is 35.5. The summed E-state index contributed by atoms with van der Waals surface area (Å²) in [7, 11) is 5.36. The summed E-state index contributed by atoms with van der Waals surface area (Å²) < 4.78 is 10.8. The second kappa shape index (κ2) is 14.5. The van der Waals surface area contributed by atoms with Gasteiger partial charge in [0.25, 0.3) is 5.91 Å². The van der Waals surface area contributed by atoms with E-state index in [1.807, 2.05) is 71.3 Å². The summed E-state index contributed by atoms with van der Waals surface area (Å²) >= 11 is 13.1. The summed E-state index contributed by atoms with van der Waals surface area (Å²) in [4.78, 5) is 32.1. The van der Waals surface area contributed by atoms with Crippen molar-refractivity contribution < 1.29 is 19.1 Å². The molecule has 214 valence electrons. The number of ether oxygens (including phenoxy) is 2. The maximum atomic E-state index is 13.3. The van der Waals surface area contributed by atoms with Crippen molar-refractivity contribution in [3.8, 4) is 28.1 Å². The van der Waals surface area contributed by atoms with Crippen LogP contribution in [0.5, 0.6) is 5.75 Å². The lowest BCUT2D eigenvalue weighted by atomic mass is 9.97. The van der Waals surface area contributed by atoms with Crippen LogP contribution in [-0.4, -0.2) is 62.2 Å². The number of esters is 1. The Morgan fingerprint density at radius 3 is 2.40 bits per heavy atom. The third-order valence-electron chi connectivity index (χ3n) is 6.49. The number of nitrogens with zero attached hydrogens (tertiary/aromatic N) is 2. The Hall–Kier alpha value is -3.13. The van der Waals surface area contributed by atoms with Crippen LogP contribution < -0.4 is 10.1 Å². The first-order chi connectivity index (χ1) is 19.0. The van der Waals surface area contributed by atoms with Gasteiger partial charge in [0.15, 0.2) is 0 Å². The van der Waals surface area contributed by atoms with E-state index in [1.165, 1.54) is 7.11 Å². The Bertz CT molecular complexity index is 1340. The Kier molecular flexibility index (Phi) is 11.4. The van der Waals surface area contributed by atoms with E-state index < -0.39 is 12.0 Å². The monoisotopic (exact) mass is 585 g/mol. The number of amides is 1. The predicted octanol–water partition coefficient (Wildman–Crippen LogP) is 6.68. The first-order valence-electron chi connectivity index (χ1n) is 13.2. The number of benzene rings is 2. The average Bonchev–Trinajstić information content (AvgIpc) is 2.92. The van der Waals surface area contributed by atoms with Crippen LogP contribution in [0.15, 0.2) is 48.5 Å². The number of hydrogen-bond donors (Lipinski definition) is 1. The van der Waals surface area contributed by atoms with E-state index >= 15 is 0 Å². The van der Waals surface area contributed by atoms with E-state index in [-0.39, 0.29) is 23.9 Å². The van der Waals surface area contributed by atoms with E-state index in [0.29, 0.717) is 28.1 Å². The van der Waals surface area contributed by atoms with Crippen molar-refractivity contribution in [1.82, 2.24) is 15.2 Å². The predicted molar refractivity (Wildman–Crippen MR) is 161 cm³/mol. The minimum Gasteiger partial charge on any atom is -0.492 e.